The number of halogens is 2. The van der Waals surface area contributed by atoms with Gasteiger partial charge >= 0.3 is 5.97 Å². The Morgan fingerprint density at radius 3 is 2.81 bits per heavy atom. The Hall–Kier alpha value is -2.86. The zero-order valence-corrected chi connectivity index (χ0v) is 21.4. The summed E-state index contributed by atoms with van der Waals surface area (Å²) in [5.41, 5.74) is 2.59. The van der Waals surface area contributed by atoms with E-state index in [1.54, 1.807) is 0 Å². The zero-order chi connectivity index (χ0) is 25.7. The number of nitriles is 1. The van der Waals surface area contributed by atoms with Crippen molar-refractivity contribution in [1.82, 2.24) is 15.2 Å². The van der Waals surface area contributed by atoms with Crippen molar-refractivity contribution in [3.8, 4) is 6.07 Å². The number of aromatic nitrogens is 1. The average molecular weight is 530 g/mol. The molecule has 3 heterocycles. The van der Waals surface area contributed by atoms with Crippen LogP contribution >= 0.6 is 23.2 Å². The van der Waals surface area contributed by atoms with Gasteiger partial charge in [-0.3, -0.25) is 4.79 Å². The van der Waals surface area contributed by atoms with Gasteiger partial charge in [0.05, 0.1) is 27.2 Å². The summed E-state index contributed by atoms with van der Waals surface area (Å²) in [6.45, 7) is 3.34. The van der Waals surface area contributed by atoms with Crippen molar-refractivity contribution >= 4 is 40.9 Å². The third-order valence-corrected chi connectivity index (χ3v) is 7.46. The van der Waals surface area contributed by atoms with E-state index in [-0.39, 0.29) is 27.6 Å². The van der Waals surface area contributed by atoms with E-state index >= 15 is 0 Å². The molecule has 8 nitrogen and oxygen atoms in total. The summed E-state index contributed by atoms with van der Waals surface area (Å²) in [6.07, 6.45) is 5.51. The second-order valence-electron chi connectivity index (χ2n) is 9.41. The molecule has 2 aromatic rings. The lowest BCUT2D eigenvalue weighted by Crippen LogP contribution is -2.43. The van der Waals surface area contributed by atoms with Crippen LogP contribution in [0.5, 0.6) is 0 Å². The Labute approximate surface area is 220 Å². The molecule has 3 N–H and O–H groups in total. The second-order valence-corrected chi connectivity index (χ2v) is 10.2. The van der Waals surface area contributed by atoms with Gasteiger partial charge in [0.1, 0.15) is 11.9 Å². The number of carboxylic acid groups (broad SMARTS) is 1. The number of benzene rings is 1. The molecule has 10 heteroatoms. The van der Waals surface area contributed by atoms with Gasteiger partial charge in [-0.15, -0.1) is 0 Å². The first-order valence-electron chi connectivity index (χ1n) is 12.2. The van der Waals surface area contributed by atoms with Gasteiger partial charge in [0, 0.05) is 25.3 Å². The molecule has 2 aliphatic rings. The molecule has 1 aromatic carbocycles. The summed E-state index contributed by atoms with van der Waals surface area (Å²) >= 11 is 12.2. The molecule has 0 radical (unpaired) electrons. The summed E-state index contributed by atoms with van der Waals surface area (Å²) < 4.78 is 0. The highest BCUT2D eigenvalue weighted by molar-refractivity contribution is 6.39. The number of likely N-dealkylation sites (tertiary alicyclic amines) is 1. The van der Waals surface area contributed by atoms with E-state index in [1.807, 2.05) is 6.07 Å². The second kappa shape index (κ2) is 11.9. The Morgan fingerprint density at radius 1 is 1.31 bits per heavy atom. The Morgan fingerprint density at radius 2 is 2.08 bits per heavy atom. The molecule has 1 fully saturated rings. The number of rotatable bonds is 9. The maximum atomic E-state index is 12.7. The van der Waals surface area contributed by atoms with Crippen molar-refractivity contribution in [2.75, 3.05) is 31.5 Å². The number of hydrogen-bond donors (Lipinski definition) is 3. The predicted molar refractivity (Wildman–Crippen MR) is 139 cm³/mol. The van der Waals surface area contributed by atoms with Crippen LogP contribution in [0.15, 0.2) is 24.3 Å². The fourth-order valence-electron chi connectivity index (χ4n) is 4.87. The van der Waals surface area contributed by atoms with Crippen LogP contribution < -0.4 is 10.6 Å². The van der Waals surface area contributed by atoms with Crippen LogP contribution in [-0.2, 0) is 17.6 Å². The van der Waals surface area contributed by atoms with Crippen molar-refractivity contribution < 1.29 is 14.7 Å². The number of aliphatic carboxylic acids is 1. The number of aryl methyl sites for hydroxylation is 2. The number of carboxylic acids is 1. The van der Waals surface area contributed by atoms with Gasteiger partial charge < -0.3 is 20.6 Å². The predicted octanol–water partition coefficient (Wildman–Crippen LogP) is 4.15. The first kappa shape index (κ1) is 26.2. The molecular weight excluding hydrogens is 501 g/mol. The Bertz CT molecular complexity index is 1160. The maximum absolute atomic E-state index is 12.7. The smallest absolute Gasteiger partial charge is 0.326 e. The van der Waals surface area contributed by atoms with E-state index in [4.69, 9.17) is 33.4 Å². The van der Waals surface area contributed by atoms with Gasteiger partial charge in [-0.05, 0) is 74.8 Å². The number of carbonyl (C=O) groups excluding carboxylic acids is 1. The lowest BCUT2D eigenvalue weighted by atomic mass is 10.00. The van der Waals surface area contributed by atoms with Crippen LogP contribution in [0.4, 0.5) is 5.82 Å². The topological polar surface area (TPSA) is 118 Å². The summed E-state index contributed by atoms with van der Waals surface area (Å²) in [6, 6.07) is 7.81. The molecule has 1 saturated heterocycles. The van der Waals surface area contributed by atoms with Crippen molar-refractivity contribution in [2.45, 2.75) is 44.6 Å². The van der Waals surface area contributed by atoms with Gasteiger partial charge in [-0.1, -0.05) is 29.3 Å². The number of nitrogens with zero attached hydrogens (tertiary/aromatic N) is 3. The monoisotopic (exact) mass is 529 g/mol. The molecule has 2 atom stereocenters. The molecular formula is C26H29Cl2N5O3. The van der Waals surface area contributed by atoms with E-state index in [1.165, 1.54) is 17.7 Å². The van der Waals surface area contributed by atoms with Crippen LogP contribution in [0.1, 0.15) is 52.9 Å². The molecule has 4 rings (SSSR count). The molecule has 0 aliphatic carbocycles. The number of nitrogens with one attached hydrogen (secondary N) is 2. The average Bonchev–Trinajstić information content (AvgIpc) is 3.32. The molecule has 2 aliphatic heterocycles. The number of fused-ring (bicyclic) bond motifs is 1. The number of amides is 1. The molecule has 0 spiro atoms. The van der Waals surface area contributed by atoms with E-state index in [2.05, 4.69) is 27.7 Å². The Kier molecular flexibility index (Phi) is 8.68. The molecule has 1 amide bonds. The standard InChI is InChI=1S/C26H29Cl2N5O3/c27-20-12-17(14-29)13-21(28)23(20)25(34)32-22(26(35)36)8-11-33-10-7-16(15-33)3-5-19-6-4-18-2-1-9-30-24(18)31-19/h4,6,12-13,16,22H,1-3,5,7-11,15H2,(H,30,31)(H,32,34)(H,35,36)/t16-,22+/m0/s1. The van der Waals surface area contributed by atoms with E-state index in [9.17, 15) is 14.7 Å². The van der Waals surface area contributed by atoms with Crippen LogP contribution in [0.2, 0.25) is 10.0 Å². The van der Waals surface area contributed by atoms with Gasteiger partial charge in [0.2, 0.25) is 0 Å². The highest BCUT2D eigenvalue weighted by atomic mass is 35.5. The molecule has 1 aromatic heterocycles. The number of pyridine rings is 1. The summed E-state index contributed by atoms with van der Waals surface area (Å²) in [5.74, 6) is -0.234. The van der Waals surface area contributed by atoms with E-state index in [0.29, 0.717) is 12.5 Å². The maximum Gasteiger partial charge on any atom is 0.326 e. The van der Waals surface area contributed by atoms with Crippen molar-refractivity contribution in [1.29, 1.82) is 5.26 Å². The van der Waals surface area contributed by atoms with Crippen molar-refractivity contribution in [3.05, 3.63) is 56.7 Å². The van der Waals surface area contributed by atoms with Crippen LogP contribution in [-0.4, -0.2) is 59.1 Å². The van der Waals surface area contributed by atoms with E-state index < -0.39 is 17.9 Å². The molecule has 36 heavy (non-hydrogen) atoms. The van der Waals surface area contributed by atoms with Crippen molar-refractivity contribution in [2.24, 2.45) is 5.92 Å². The molecule has 0 bridgehead atoms. The molecule has 0 unspecified atom stereocenters. The van der Waals surface area contributed by atoms with Crippen LogP contribution in [0.3, 0.4) is 0 Å². The van der Waals surface area contributed by atoms with E-state index in [0.717, 1.165) is 63.3 Å². The van der Waals surface area contributed by atoms with Crippen molar-refractivity contribution in [3.63, 3.8) is 0 Å². The first-order valence-corrected chi connectivity index (χ1v) is 13.0. The van der Waals surface area contributed by atoms with Gasteiger partial charge in [0.25, 0.3) is 5.91 Å². The first-order chi connectivity index (χ1) is 17.3. The molecule has 190 valence electrons. The fourth-order valence-corrected chi connectivity index (χ4v) is 5.52. The lowest BCUT2D eigenvalue weighted by Gasteiger charge is -2.20. The van der Waals surface area contributed by atoms with Crippen LogP contribution in [0.25, 0.3) is 0 Å². The van der Waals surface area contributed by atoms with Gasteiger partial charge in [-0.25, -0.2) is 9.78 Å². The largest absolute Gasteiger partial charge is 0.480 e. The highest BCUT2D eigenvalue weighted by Crippen LogP contribution is 2.27. The van der Waals surface area contributed by atoms with Gasteiger partial charge in [0.15, 0.2) is 0 Å². The zero-order valence-electron chi connectivity index (χ0n) is 19.9. The third-order valence-electron chi connectivity index (χ3n) is 6.87. The summed E-state index contributed by atoms with van der Waals surface area (Å²) in [4.78, 5) is 31.5. The number of carbonyl (C=O) groups is 2. The minimum atomic E-state index is -1.12. The summed E-state index contributed by atoms with van der Waals surface area (Å²) in [5, 5.41) is 24.6. The van der Waals surface area contributed by atoms with Crippen LogP contribution in [0, 0.1) is 17.2 Å². The minimum Gasteiger partial charge on any atom is -0.480 e. The normalized spacial score (nSPS) is 18.1. The highest BCUT2D eigenvalue weighted by Gasteiger charge is 2.27. The number of hydrogen-bond acceptors (Lipinski definition) is 6. The SMILES string of the molecule is N#Cc1cc(Cl)c(C(=O)N[C@H](CCN2CC[C@H](CCc3ccc4c(n3)NCCC4)C2)C(=O)O)c(Cl)c1. The fraction of sp³-hybridized carbons (Fsp3) is 0.462. The number of anilines is 1. The third kappa shape index (κ3) is 6.47. The Balaban J connectivity index is 1.26. The van der Waals surface area contributed by atoms with Gasteiger partial charge in [-0.2, -0.15) is 5.26 Å². The lowest BCUT2D eigenvalue weighted by molar-refractivity contribution is -0.139. The minimum absolute atomic E-state index is 0.00673. The quantitative estimate of drug-likeness (QED) is 0.446. The molecule has 0 saturated carbocycles. The summed E-state index contributed by atoms with van der Waals surface area (Å²) in [7, 11) is 0.